The molecule has 1 aliphatic carbocycles. The number of ether oxygens (including phenoxy) is 1. The molecule has 0 radical (unpaired) electrons. The van der Waals surface area contributed by atoms with E-state index in [2.05, 4.69) is 0 Å². The Morgan fingerprint density at radius 3 is 2.64 bits per heavy atom. The Hall–Kier alpha value is -0.0800. The molecule has 82 valence electrons. The van der Waals surface area contributed by atoms with Crippen LogP contribution in [-0.4, -0.2) is 18.8 Å². The van der Waals surface area contributed by atoms with Crippen LogP contribution in [0.15, 0.2) is 0 Å². The normalized spacial score (nSPS) is 34.9. The molecule has 0 aromatic carbocycles. The van der Waals surface area contributed by atoms with E-state index in [0.29, 0.717) is 0 Å². The molecule has 0 bridgehead atoms. The van der Waals surface area contributed by atoms with Crippen molar-refractivity contribution in [2.75, 3.05) is 13.2 Å². The molecule has 0 aromatic rings. The first kappa shape index (κ1) is 10.4. The van der Waals surface area contributed by atoms with Crippen molar-refractivity contribution in [2.24, 2.45) is 11.7 Å². The molecule has 0 amide bonds. The molecule has 2 heteroatoms. The van der Waals surface area contributed by atoms with Gasteiger partial charge < -0.3 is 10.5 Å². The molecule has 2 rings (SSSR count). The highest BCUT2D eigenvalue weighted by Crippen LogP contribution is 2.32. The fourth-order valence-corrected chi connectivity index (χ4v) is 2.86. The van der Waals surface area contributed by atoms with Gasteiger partial charge in [0, 0.05) is 12.1 Å². The summed E-state index contributed by atoms with van der Waals surface area (Å²) in [6.07, 6.45) is 10.6. The Morgan fingerprint density at radius 1 is 1.21 bits per heavy atom. The first-order chi connectivity index (χ1) is 6.79. The van der Waals surface area contributed by atoms with E-state index < -0.39 is 0 Å². The summed E-state index contributed by atoms with van der Waals surface area (Å²) in [7, 11) is 0. The van der Waals surface area contributed by atoms with Crippen molar-refractivity contribution in [1.29, 1.82) is 0 Å². The third kappa shape index (κ3) is 2.71. The van der Waals surface area contributed by atoms with E-state index in [0.717, 1.165) is 25.6 Å². The molecule has 0 spiro atoms. The van der Waals surface area contributed by atoms with Crippen molar-refractivity contribution < 1.29 is 4.74 Å². The van der Waals surface area contributed by atoms with Gasteiger partial charge in [0.1, 0.15) is 0 Å². The number of nitrogens with two attached hydrogens (primary N) is 1. The summed E-state index contributed by atoms with van der Waals surface area (Å²) in [4.78, 5) is 0. The standard InChI is InChI=1S/C12H23NO/c13-12(7-3-9-14-10-12)8-6-11-4-1-2-5-11/h11H,1-10,13H2. The molecular formula is C12H23NO. The summed E-state index contributed by atoms with van der Waals surface area (Å²) >= 11 is 0. The summed E-state index contributed by atoms with van der Waals surface area (Å²) in [5.74, 6) is 0.970. The summed E-state index contributed by atoms with van der Waals surface area (Å²) in [6, 6.07) is 0. The number of rotatable bonds is 3. The molecule has 1 atom stereocenters. The molecule has 1 heterocycles. The zero-order valence-corrected chi connectivity index (χ0v) is 9.13. The Morgan fingerprint density at radius 2 is 2.00 bits per heavy atom. The van der Waals surface area contributed by atoms with E-state index in [1.54, 1.807) is 0 Å². The van der Waals surface area contributed by atoms with Gasteiger partial charge >= 0.3 is 0 Å². The number of hydrogen-bond donors (Lipinski definition) is 1. The average molecular weight is 197 g/mol. The molecule has 2 nitrogen and oxygen atoms in total. The fraction of sp³-hybridized carbons (Fsp3) is 1.00. The lowest BCUT2D eigenvalue weighted by molar-refractivity contribution is 0.0319. The summed E-state index contributed by atoms with van der Waals surface area (Å²) in [6.45, 7) is 1.71. The van der Waals surface area contributed by atoms with Crippen LogP contribution in [0.3, 0.4) is 0 Å². The van der Waals surface area contributed by atoms with E-state index in [1.807, 2.05) is 0 Å². The van der Waals surface area contributed by atoms with Gasteiger partial charge in [-0.2, -0.15) is 0 Å². The highest BCUT2D eigenvalue weighted by Gasteiger charge is 2.29. The van der Waals surface area contributed by atoms with Crippen LogP contribution in [-0.2, 0) is 4.74 Å². The van der Waals surface area contributed by atoms with Crippen LogP contribution in [0.25, 0.3) is 0 Å². The molecule has 1 unspecified atom stereocenters. The minimum atomic E-state index is 0.0147. The second kappa shape index (κ2) is 4.63. The van der Waals surface area contributed by atoms with Crippen molar-refractivity contribution in [2.45, 2.75) is 56.9 Å². The molecule has 14 heavy (non-hydrogen) atoms. The zero-order chi connectivity index (χ0) is 9.86. The van der Waals surface area contributed by atoms with E-state index >= 15 is 0 Å². The largest absolute Gasteiger partial charge is 0.380 e. The second-order valence-corrected chi connectivity index (χ2v) is 5.21. The van der Waals surface area contributed by atoms with Gasteiger partial charge in [0.05, 0.1) is 6.61 Å². The minimum absolute atomic E-state index is 0.0147. The zero-order valence-electron chi connectivity index (χ0n) is 9.13. The van der Waals surface area contributed by atoms with Crippen molar-refractivity contribution in [3.63, 3.8) is 0 Å². The smallest absolute Gasteiger partial charge is 0.0646 e. The third-order valence-electron chi connectivity index (χ3n) is 3.88. The second-order valence-electron chi connectivity index (χ2n) is 5.21. The van der Waals surface area contributed by atoms with Crippen LogP contribution in [0.1, 0.15) is 51.4 Å². The fourth-order valence-electron chi connectivity index (χ4n) is 2.86. The van der Waals surface area contributed by atoms with Gasteiger partial charge in [-0.1, -0.05) is 25.7 Å². The first-order valence-electron chi connectivity index (χ1n) is 6.15. The Labute approximate surface area is 87.2 Å². The predicted molar refractivity (Wildman–Crippen MR) is 58.2 cm³/mol. The maximum absolute atomic E-state index is 6.31. The van der Waals surface area contributed by atoms with Gasteiger partial charge in [0.15, 0.2) is 0 Å². The quantitative estimate of drug-likeness (QED) is 0.754. The molecular weight excluding hydrogens is 174 g/mol. The SMILES string of the molecule is NC1(CCC2CCCC2)CCCOC1. The Bertz CT molecular complexity index is 169. The molecule has 1 saturated heterocycles. The molecule has 1 aliphatic heterocycles. The van der Waals surface area contributed by atoms with Crippen molar-refractivity contribution in [3.8, 4) is 0 Å². The van der Waals surface area contributed by atoms with Crippen LogP contribution >= 0.6 is 0 Å². The predicted octanol–water partition coefficient (Wildman–Crippen LogP) is 2.46. The Balaban J connectivity index is 1.72. The average Bonchev–Trinajstić information content (AvgIpc) is 2.69. The van der Waals surface area contributed by atoms with Crippen molar-refractivity contribution >= 4 is 0 Å². The number of hydrogen-bond acceptors (Lipinski definition) is 2. The molecule has 1 saturated carbocycles. The van der Waals surface area contributed by atoms with Crippen LogP contribution in [0.4, 0.5) is 0 Å². The molecule has 0 aromatic heterocycles. The monoisotopic (exact) mass is 197 g/mol. The lowest BCUT2D eigenvalue weighted by Gasteiger charge is -2.34. The van der Waals surface area contributed by atoms with Crippen LogP contribution in [0.5, 0.6) is 0 Å². The van der Waals surface area contributed by atoms with E-state index in [-0.39, 0.29) is 5.54 Å². The van der Waals surface area contributed by atoms with Crippen molar-refractivity contribution in [3.05, 3.63) is 0 Å². The minimum Gasteiger partial charge on any atom is -0.380 e. The summed E-state index contributed by atoms with van der Waals surface area (Å²) in [5, 5.41) is 0. The summed E-state index contributed by atoms with van der Waals surface area (Å²) < 4.78 is 5.48. The lowest BCUT2D eigenvalue weighted by Crippen LogP contribution is -2.47. The maximum Gasteiger partial charge on any atom is 0.0646 e. The van der Waals surface area contributed by atoms with E-state index in [1.165, 1.54) is 44.9 Å². The third-order valence-corrected chi connectivity index (χ3v) is 3.88. The Kier molecular flexibility index (Phi) is 3.45. The van der Waals surface area contributed by atoms with Gasteiger partial charge in [0.2, 0.25) is 0 Å². The van der Waals surface area contributed by atoms with E-state index in [9.17, 15) is 0 Å². The summed E-state index contributed by atoms with van der Waals surface area (Å²) in [5.41, 5.74) is 6.33. The van der Waals surface area contributed by atoms with Crippen LogP contribution in [0, 0.1) is 5.92 Å². The van der Waals surface area contributed by atoms with Crippen molar-refractivity contribution in [1.82, 2.24) is 0 Å². The topological polar surface area (TPSA) is 35.2 Å². The molecule has 2 aliphatic rings. The molecule has 2 N–H and O–H groups in total. The molecule has 2 fully saturated rings. The van der Waals surface area contributed by atoms with Gasteiger partial charge in [-0.3, -0.25) is 0 Å². The van der Waals surface area contributed by atoms with Gasteiger partial charge in [-0.05, 0) is 31.6 Å². The lowest BCUT2D eigenvalue weighted by atomic mass is 9.85. The van der Waals surface area contributed by atoms with Gasteiger partial charge in [-0.25, -0.2) is 0 Å². The van der Waals surface area contributed by atoms with Gasteiger partial charge in [0.25, 0.3) is 0 Å². The maximum atomic E-state index is 6.31. The van der Waals surface area contributed by atoms with Crippen LogP contribution < -0.4 is 5.73 Å². The van der Waals surface area contributed by atoms with Crippen LogP contribution in [0.2, 0.25) is 0 Å². The first-order valence-corrected chi connectivity index (χ1v) is 6.15. The highest BCUT2D eigenvalue weighted by atomic mass is 16.5. The van der Waals surface area contributed by atoms with Gasteiger partial charge in [-0.15, -0.1) is 0 Å². The van der Waals surface area contributed by atoms with E-state index in [4.69, 9.17) is 10.5 Å². The highest BCUT2D eigenvalue weighted by molar-refractivity contribution is 4.87.